The van der Waals surface area contributed by atoms with E-state index >= 15 is 0 Å². The Kier molecular flexibility index (Phi) is 60.3. The maximum atomic E-state index is 12.9. The van der Waals surface area contributed by atoms with Crippen LogP contribution in [0.1, 0.15) is 316 Å². The van der Waals surface area contributed by atoms with Crippen molar-refractivity contribution in [1.82, 2.24) is 0 Å². The minimum absolute atomic E-state index is 0.0923. The lowest BCUT2D eigenvalue weighted by molar-refractivity contribution is -0.167. The lowest BCUT2D eigenvalue weighted by atomic mass is 10.0. The van der Waals surface area contributed by atoms with Gasteiger partial charge in [0.1, 0.15) is 13.2 Å². The van der Waals surface area contributed by atoms with Crippen molar-refractivity contribution in [2.24, 2.45) is 0 Å². The van der Waals surface area contributed by atoms with Crippen LogP contribution >= 0.6 is 0 Å². The van der Waals surface area contributed by atoms with E-state index in [0.717, 1.165) is 122 Å². The Balaban J connectivity index is 4.38. The Morgan fingerprint density at radius 1 is 0.280 bits per heavy atom. The van der Waals surface area contributed by atoms with Crippen LogP contribution in [-0.4, -0.2) is 37.2 Å². The van der Waals surface area contributed by atoms with E-state index in [2.05, 4.69) is 106 Å². The fourth-order valence-electron chi connectivity index (χ4n) is 9.09. The number of allylic oxidation sites excluding steroid dienone is 14. The van der Waals surface area contributed by atoms with Gasteiger partial charge in [-0.15, -0.1) is 0 Å². The highest BCUT2D eigenvalue weighted by Gasteiger charge is 2.19. The lowest BCUT2D eigenvalue weighted by Crippen LogP contribution is -2.30. The van der Waals surface area contributed by atoms with E-state index in [1.54, 1.807) is 0 Å². The second-order valence-electron chi connectivity index (χ2n) is 21.3. The molecule has 0 rings (SSSR count). The van der Waals surface area contributed by atoms with E-state index < -0.39 is 6.10 Å². The molecular weight excluding hydrogens is 925 g/mol. The van der Waals surface area contributed by atoms with Crippen LogP contribution in [0.3, 0.4) is 0 Å². The molecule has 1 atom stereocenters. The Morgan fingerprint density at radius 3 is 0.853 bits per heavy atom. The summed E-state index contributed by atoms with van der Waals surface area (Å²) >= 11 is 0. The molecule has 0 saturated heterocycles. The molecule has 0 aliphatic heterocycles. The van der Waals surface area contributed by atoms with E-state index in [4.69, 9.17) is 14.2 Å². The van der Waals surface area contributed by atoms with Crippen LogP contribution in [0, 0.1) is 0 Å². The molecule has 0 N–H and O–H groups in total. The molecule has 0 spiro atoms. The fourth-order valence-corrected chi connectivity index (χ4v) is 9.09. The van der Waals surface area contributed by atoms with Crippen LogP contribution < -0.4 is 0 Å². The SMILES string of the molecule is CC/C=C\C/C=C\C/C=C\C/C=C\C/C=C\CCCCCC(=O)OC(COC(=O)CCCCCCC/C=C\C/C=C\CCCCC)COC(=O)CCCCCCCCCCCCCCCCCCCCCCCCC. The first-order chi connectivity index (χ1) is 37.0. The van der Waals surface area contributed by atoms with Crippen molar-refractivity contribution in [3.05, 3.63) is 85.1 Å². The van der Waals surface area contributed by atoms with Crippen LogP contribution in [0.2, 0.25) is 0 Å². The largest absolute Gasteiger partial charge is 0.462 e. The summed E-state index contributed by atoms with van der Waals surface area (Å²) in [5, 5.41) is 0. The maximum absolute atomic E-state index is 12.9. The predicted molar refractivity (Wildman–Crippen MR) is 325 cm³/mol. The minimum atomic E-state index is -0.800. The van der Waals surface area contributed by atoms with E-state index in [9.17, 15) is 14.4 Å². The van der Waals surface area contributed by atoms with Gasteiger partial charge in [0.05, 0.1) is 0 Å². The summed E-state index contributed by atoms with van der Waals surface area (Å²) in [4.78, 5) is 38.3. The molecule has 0 radical (unpaired) electrons. The van der Waals surface area contributed by atoms with Gasteiger partial charge >= 0.3 is 17.9 Å². The maximum Gasteiger partial charge on any atom is 0.306 e. The third kappa shape index (κ3) is 61.3. The van der Waals surface area contributed by atoms with Gasteiger partial charge in [-0.3, -0.25) is 14.4 Å². The number of ether oxygens (including phenoxy) is 3. The first-order valence-electron chi connectivity index (χ1n) is 32.1. The smallest absolute Gasteiger partial charge is 0.306 e. The second kappa shape index (κ2) is 63.1. The van der Waals surface area contributed by atoms with Crippen molar-refractivity contribution in [2.75, 3.05) is 13.2 Å². The molecule has 0 aliphatic rings. The van der Waals surface area contributed by atoms with Gasteiger partial charge in [-0.25, -0.2) is 0 Å². The van der Waals surface area contributed by atoms with Gasteiger partial charge in [-0.05, 0) is 96.3 Å². The van der Waals surface area contributed by atoms with Crippen LogP contribution in [0.25, 0.3) is 0 Å². The first-order valence-corrected chi connectivity index (χ1v) is 32.1. The van der Waals surface area contributed by atoms with Gasteiger partial charge in [0.15, 0.2) is 6.10 Å². The minimum Gasteiger partial charge on any atom is -0.462 e. The summed E-state index contributed by atoms with van der Waals surface area (Å²) in [6.07, 6.45) is 83.1. The highest BCUT2D eigenvalue weighted by Crippen LogP contribution is 2.17. The van der Waals surface area contributed by atoms with E-state index in [1.807, 2.05) is 0 Å². The van der Waals surface area contributed by atoms with E-state index in [1.165, 1.54) is 154 Å². The van der Waals surface area contributed by atoms with Gasteiger partial charge in [-0.1, -0.05) is 286 Å². The number of unbranched alkanes of at least 4 members (excludes halogenated alkanes) is 33. The van der Waals surface area contributed by atoms with Crippen molar-refractivity contribution in [3.63, 3.8) is 0 Å². The van der Waals surface area contributed by atoms with Gasteiger partial charge < -0.3 is 14.2 Å². The molecule has 6 heteroatoms. The molecule has 432 valence electrons. The zero-order valence-electron chi connectivity index (χ0n) is 49.6. The normalized spacial score (nSPS) is 12.6. The van der Waals surface area contributed by atoms with Gasteiger partial charge in [-0.2, -0.15) is 0 Å². The van der Waals surface area contributed by atoms with Crippen LogP contribution in [0.15, 0.2) is 85.1 Å². The molecule has 0 heterocycles. The molecule has 1 unspecified atom stereocenters. The molecule has 6 nitrogen and oxygen atoms in total. The van der Waals surface area contributed by atoms with E-state index in [-0.39, 0.29) is 37.5 Å². The first kappa shape index (κ1) is 71.6. The number of carbonyl (C=O) groups is 3. The highest BCUT2D eigenvalue weighted by molar-refractivity contribution is 5.71. The lowest BCUT2D eigenvalue weighted by Gasteiger charge is -2.18. The van der Waals surface area contributed by atoms with Crippen molar-refractivity contribution in [1.29, 1.82) is 0 Å². The third-order valence-corrected chi connectivity index (χ3v) is 13.9. The molecule has 0 aliphatic carbocycles. The zero-order chi connectivity index (χ0) is 54.3. The number of hydrogen-bond acceptors (Lipinski definition) is 6. The Bertz CT molecular complexity index is 1430. The molecule has 0 bridgehead atoms. The second-order valence-corrected chi connectivity index (χ2v) is 21.3. The summed E-state index contributed by atoms with van der Waals surface area (Å²) in [5.74, 6) is -0.926. The van der Waals surface area contributed by atoms with Crippen LogP contribution in [0.4, 0.5) is 0 Å². The number of esters is 3. The summed E-state index contributed by atoms with van der Waals surface area (Å²) in [6, 6.07) is 0. The van der Waals surface area contributed by atoms with Crippen molar-refractivity contribution in [2.45, 2.75) is 322 Å². The number of rotatable bonds is 58. The van der Waals surface area contributed by atoms with Crippen LogP contribution in [0.5, 0.6) is 0 Å². The molecule has 0 fully saturated rings. The molecule has 0 aromatic rings. The fraction of sp³-hybridized carbons (Fsp3) is 0.754. The van der Waals surface area contributed by atoms with Gasteiger partial charge in [0, 0.05) is 19.3 Å². The molecule has 0 amide bonds. The molecule has 0 aromatic carbocycles. The molecule has 75 heavy (non-hydrogen) atoms. The zero-order valence-corrected chi connectivity index (χ0v) is 49.6. The predicted octanol–water partition coefficient (Wildman–Crippen LogP) is 21.9. The monoisotopic (exact) mass is 1040 g/mol. The van der Waals surface area contributed by atoms with Gasteiger partial charge in [0.25, 0.3) is 0 Å². The van der Waals surface area contributed by atoms with Crippen LogP contribution in [-0.2, 0) is 28.6 Å². The third-order valence-electron chi connectivity index (χ3n) is 13.9. The topological polar surface area (TPSA) is 78.9 Å². The average molecular weight is 1050 g/mol. The summed E-state index contributed by atoms with van der Waals surface area (Å²) in [6.45, 7) is 6.50. The number of carbonyl (C=O) groups excluding carboxylic acids is 3. The number of hydrogen-bond donors (Lipinski definition) is 0. The quantitative estimate of drug-likeness (QED) is 0.0261. The standard InChI is InChI=1S/C69H120O6/c1-4-7-10-13-16-19-22-25-28-30-32-33-34-35-37-38-41-44-47-50-53-56-59-62-68(71)74-65-66(64-73-67(70)61-58-55-52-49-46-43-40-27-24-21-18-15-12-9-6-3)75-69(72)63-60-57-54-51-48-45-42-39-36-31-29-26-23-20-17-14-11-8-5-2/h8,11,17-18,20-21,26-27,29,36,39-40,45,48,66H,4-7,9-10,12-16,19,22-25,28,30-35,37-38,41-44,46-47,49-65H2,1-3H3/b11-8-,20-17-,21-18-,29-26-,39-36-,40-27-,48-45-. The molecule has 0 aromatic heterocycles. The van der Waals surface area contributed by atoms with Crippen molar-refractivity contribution < 1.29 is 28.6 Å². The molecular formula is C69H120O6. The Labute approximate surface area is 465 Å². The van der Waals surface area contributed by atoms with E-state index in [0.29, 0.717) is 12.8 Å². The average Bonchev–Trinajstić information content (AvgIpc) is 3.41. The summed E-state index contributed by atoms with van der Waals surface area (Å²) in [5.41, 5.74) is 0. The molecule has 0 saturated carbocycles. The van der Waals surface area contributed by atoms with Crippen molar-refractivity contribution in [3.8, 4) is 0 Å². The Morgan fingerprint density at radius 2 is 0.520 bits per heavy atom. The summed E-state index contributed by atoms with van der Waals surface area (Å²) in [7, 11) is 0. The highest BCUT2D eigenvalue weighted by atomic mass is 16.6. The van der Waals surface area contributed by atoms with Gasteiger partial charge in [0.2, 0.25) is 0 Å². The summed E-state index contributed by atoms with van der Waals surface area (Å²) < 4.78 is 16.9. The van der Waals surface area contributed by atoms with Crippen molar-refractivity contribution >= 4 is 17.9 Å². The Hall–Kier alpha value is -3.41.